The van der Waals surface area contributed by atoms with Crippen LogP contribution in [-0.4, -0.2) is 131 Å². The van der Waals surface area contributed by atoms with Gasteiger partial charge in [-0.15, -0.1) is 0 Å². The Bertz CT molecular complexity index is 2530. The van der Waals surface area contributed by atoms with E-state index in [1.165, 1.54) is 10.6 Å². The maximum Gasteiger partial charge on any atom is 0.511 e. The van der Waals surface area contributed by atoms with Gasteiger partial charge in [-0.1, -0.05) is 121 Å². The first kappa shape index (κ1) is 60.7. The van der Waals surface area contributed by atoms with Crippen LogP contribution >= 0.6 is 34.8 Å². The zero-order valence-corrected chi connectivity index (χ0v) is 46.9. The molecule has 426 valence electrons. The summed E-state index contributed by atoms with van der Waals surface area (Å²) < 4.78 is 22.8. The molecule has 4 aromatic carbocycles. The number of hydroxylamine groups is 2. The van der Waals surface area contributed by atoms with Crippen LogP contribution in [0.3, 0.4) is 0 Å². The van der Waals surface area contributed by atoms with Crippen LogP contribution in [0.2, 0.25) is 0 Å². The van der Waals surface area contributed by atoms with Gasteiger partial charge in [0.05, 0.1) is 38.4 Å². The van der Waals surface area contributed by atoms with Gasteiger partial charge in [0, 0.05) is 52.1 Å². The molecule has 1 N–H and O–H groups in total. The highest BCUT2D eigenvalue weighted by atomic mass is 35.6. The Labute approximate surface area is 477 Å². The molecular formula is C59H72Cl3N5O12. The number of ketones is 2. The molecule has 5 saturated heterocycles. The Morgan fingerprint density at radius 2 is 1.04 bits per heavy atom. The van der Waals surface area contributed by atoms with Crippen LogP contribution in [0.4, 0.5) is 19.2 Å². The van der Waals surface area contributed by atoms with Crippen molar-refractivity contribution >= 4 is 70.7 Å². The number of rotatable bonds is 17. The van der Waals surface area contributed by atoms with Crippen molar-refractivity contribution in [1.82, 2.24) is 25.1 Å². The summed E-state index contributed by atoms with van der Waals surface area (Å²) in [6, 6.07) is 38.7. The Hall–Kier alpha value is -5.95. The number of methoxy groups -OCH3 is 1. The molecule has 0 aliphatic carbocycles. The number of nitrogens with one attached hydrogen (secondary N) is 1. The Morgan fingerprint density at radius 1 is 0.570 bits per heavy atom. The molecule has 5 heterocycles. The lowest BCUT2D eigenvalue weighted by molar-refractivity contribution is -0.140. The first-order valence-corrected chi connectivity index (χ1v) is 28.3. The maximum absolute atomic E-state index is 13.2. The summed E-state index contributed by atoms with van der Waals surface area (Å²) in [5.74, 6) is 1.46. The summed E-state index contributed by atoms with van der Waals surface area (Å²) in [6.45, 7) is 6.11. The van der Waals surface area contributed by atoms with Crippen LogP contribution in [0.1, 0.15) is 86.5 Å². The van der Waals surface area contributed by atoms with Gasteiger partial charge in [0.15, 0.2) is 5.78 Å². The minimum Gasteiger partial charge on any atom is -0.445 e. The molecule has 4 aromatic rings. The van der Waals surface area contributed by atoms with Gasteiger partial charge in [-0.25, -0.2) is 19.2 Å². The van der Waals surface area contributed by atoms with E-state index in [2.05, 4.69) is 26.9 Å². The van der Waals surface area contributed by atoms with Gasteiger partial charge in [0.1, 0.15) is 25.6 Å². The molecule has 2 bridgehead atoms. The number of nitrogens with zero attached hydrogens (tertiary/aromatic N) is 4. The van der Waals surface area contributed by atoms with Crippen molar-refractivity contribution in [3.63, 3.8) is 0 Å². The SMILES string of the molecule is COC(=O)OC(Cl)(Cl)Cl.O=C(CC1CCN(C(=O)OCc2ccccc2)CC1)[C@@H]1CC[C@@H](COCc2ccccc2)CN1.O=C(CC1CCN(C(=O)OCc2ccccc2)CC1)[C@@H]1CC[C@@H]2CN1C(=O)N2OCc1ccccc1. The summed E-state index contributed by atoms with van der Waals surface area (Å²) in [6.07, 6.45) is 6.01. The third-order valence-corrected chi connectivity index (χ3v) is 15.0. The number of Topliss-reactive ketones (excluding diaryl/α,β-unsaturated/α-hetero) is 2. The van der Waals surface area contributed by atoms with E-state index in [9.17, 15) is 28.8 Å². The minimum atomic E-state index is -2.03. The molecule has 5 fully saturated rings. The monoisotopic (exact) mass is 1150 g/mol. The zero-order chi connectivity index (χ0) is 56.0. The molecule has 5 aliphatic heterocycles. The highest BCUT2D eigenvalue weighted by molar-refractivity contribution is 6.66. The Morgan fingerprint density at radius 3 is 1.48 bits per heavy atom. The number of hydrogen-bond donors (Lipinski definition) is 1. The summed E-state index contributed by atoms with van der Waals surface area (Å²) >= 11 is 15.0. The summed E-state index contributed by atoms with van der Waals surface area (Å²) in [4.78, 5) is 85.0. The van der Waals surface area contributed by atoms with Gasteiger partial charge in [-0.3, -0.25) is 14.4 Å². The van der Waals surface area contributed by atoms with E-state index in [4.69, 9.17) is 53.9 Å². The first-order valence-electron chi connectivity index (χ1n) is 27.1. The second-order valence-corrected chi connectivity index (χ2v) is 22.6. The minimum absolute atomic E-state index is 0.00426. The number of benzene rings is 4. The van der Waals surface area contributed by atoms with Crippen LogP contribution in [0.15, 0.2) is 121 Å². The number of carbonyl (C=O) groups excluding carboxylic acids is 6. The van der Waals surface area contributed by atoms with Crippen molar-refractivity contribution in [1.29, 1.82) is 0 Å². The van der Waals surface area contributed by atoms with E-state index in [1.54, 1.807) is 14.7 Å². The van der Waals surface area contributed by atoms with Crippen molar-refractivity contribution in [3.8, 4) is 0 Å². The summed E-state index contributed by atoms with van der Waals surface area (Å²) in [5, 5.41) is 4.92. The highest BCUT2D eigenvalue weighted by Crippen LogP contribution is 2.33. The van der Waals surface area contributed by atoms with Crippen molar-refractivity contribution in [2.75, 3.05) is 53.0 Å². The van der Waals surface area contributed by atoms with E-state index in [0.717, 1.165) is 81.9 Å². The third kappa shape index (κ3) is 20.0. The summed E-state index contributed by atoms with van der Waals surface area (Å²) in [5.41, 5.74) is 4.14. The molecule has 9 rings (SSSR count). The van der Waals surface area contributed by atoms with E-state index in [0.29, 0.717) is 89.4 Å². The lowest BCUT2D eigenvalue weighted by atomic mass is 9.86. The van der Waals surface area contributed by atoms with Gasteiger partial charge in [-0.05, 0) is 126 Å². The quantitative estimate of drug-likeness (QED) is 0.0599. The van der Waals surface area contributed by atoms with Crippen LogP contribution < -0.4 is 5.32 Å². The number of alkyl halides is 3. The fourth-order valence-corrected chi connectivity index (χ4v) is 10.5. The molecular weight excluding hydrogens is 1080 g/mol. The lowest BCUT2D eigenvalue weighted by Crippen LogP contribution is -2.46. The first-order chi connectivity index (χ1) is 38.2. The average Bonchev–Trinajstić information content (AvgIpc) is 3.71. The van der Waals surface area contributed by atoms with Crippen molar-refractivity contribution in [2.24, 2.45) is 17.8 Å². The predicted molar refractivity (Wildman–Crippen MR) is 297 cm³/mol. The number of carbonyl (C=O) groups is 6. The number of urea groups is 1. The lowest BCUT2D eigenvalue weighted by Gasteiger charge is -2.33. The van der Waals surface area contributed by atoms with E-state index in [1.807, 2.05) is 109 Å². The number of fused-ring (bicyclic) bond motifs is 2. The average molecular weight is 1150 g/mol. The van der Waals surface area contributed by atoms with Crippen molar-refractivity contribution in [3.05, 3.63) is 144 Å². The van der Waals surface area contributed by atoms with Gasteiger partial charge < -0.3 is 43.7 Å². The fourth-order valence-electron chi connectivity index (χ4n) is 10.3. The highest BCUT2D eigenvalue weighted by Gasteiger charge is 2.48. The normalized spacial score (nSPS) is 20.4. The fraction of sp³-hybridized carbons (Fsp3) is 0.492. The molecule has 0 unspecified atom stereocenters. The molecule has 5 aliphatic rings. The Balaban J connectivity index is 0.000000198. The second kappa shape index (κ2) is 31.2. The molecule has 0 spiro atoms. The van der Waals surface area contributed by atoms with Gasteiger partial charge in [-0.2, -0.15) is 5.06 Å². The van der Waals surface area contributed by atoms with Crippen molar-refractivity contribution in [2.45, 2.75) is 113 Å². The van der Waals surface area contributed by atoms with E-state index < -0.39 is 10.1 Å². The molecule has 0 radical (unpaired) electrons. The smallest absolute Gasteiger partial charge is 0.445 e. The number of hydrogen-bond acceptors (Lipinski definition) is 13. The molecule has 17 nitrogen and oxygen atoms in total. The topological polar surface area (TPSA) is 183 Å². The predicted octanol–water partition coefficient (Wildman–Crippen LogP) is 11.1. The second-order valence-electron chi connectivity index (χ2n) is 20.5. The van der Waals surface area contributed by atoms with E-state index >= 15 is 0 Å². The number of likely N-dealkylation sites (tertiary alicyclic amines) is 2. The zero-order valence-electron chi connectivity index (χ0n) is 44.7. The molecule has 20 heteroatoms. The van der Waals surface area contributed by atoms with Gasteiger partial charge >= 0.3 is 28.4 Å². The van der Waals surface area contributed by atoms with Crippen LogP contribution in [-0.2, 0) is 64.5 Å². The van der Waals surface area contributed by atoms with Crippen LogP contribution in [0, 0.1) is 17.8 Å². The molecule has 0 saturated carbocycles. The molecule has 4 atom stereocenters. The van der Waals surface area contributed by atoms with Crippen molar-refractivity contribution < 1.29 is 57.3 Å². The molecule has 79 heavy (non-hydrogen) atoms. The number of piperidine rings is 4. The number of amides is 4. The van der Waals surface area contributed by atoms with Gasteiger partial charge in [0.2, 0.25) is 0 Å². The Kier molecular flexibility index (Phi) is 23.9. The summed E-state index contributed by atoms with van der Waals surface area (Å²) in [7, 11) is 1.11. The molecule has 0 aromatic heterocycles. The third-order valence-electron chi connectivity index (χ3n) is 14.8. The molecule has 4 amide bonds. The van der Waals surface area contributed by atoms with Gasteiger partial charge in [0.25, 0.3) is 0 Å². The largest absolute Gasteiger partial charge is 0.511 e. The van der Waals surface area contributed by atoms with Crippen LogP contribution in [0.5, 0.6) is 0 Å². The van der Waals surface area contributed by atoms with Crippen LogP contribution in [0.25, 0.3) is 0 Å². The number of halogens is 3. The standard InChI is InChI=1S/C28H33N3O5.C28H36N2O4.C3H3Cl3O3/c32-26(17-21-13-15-29(16-14-21)28(34)35-19-22-7-3-1-4-8-22)25-12-11-24-18-30(25)27(33)31(24)36-20-23-9-5-2-6-10-23;31-27(26-12-11-25(18-29-26)20-33-19-23-7-3-1-4-8-23)17-22-13-15-30(16-14-22)28(32)34-21-24-9-5-2-6-10-24;1-8-2(7)9-3(4,5)6/h1-10,21,24-25H,11-20H2;1-10,22,25-26,29H,11-21H2;1H3/t24-,25+;25-,26+;/m11./s1. The maximum atomic E-state index is 13.2. The number of ether oxygens (including phenoxy) is 5. The van der Waals surface area contributed by atoms with E-state index in [-0.39, 0.29) is 54.7 Å².